The highest BCUT2D eigenvalue weighted by molar-refractivity contribution is 5.98. The predicted molar refractivity (Wildman–Crippen MR) is 92.7 cm³/mol. The van der Waals surface area contributed by atoms with E-state index in [9.17, 15) is 4.79 Å². The van der Waals surface area contributed by atoms with Crippen LogP contribution in [0.25, 0.3) is 10.9 Å². The maximum absolute atomic E-state index is 11.7. The van der Waals surface area contributed by atoms with Crippen LogP contribution in [-0.2, 0) is 13.0 Å². The van der Waals surface area contributed by atoms with Gasteiger partial charge in [0.1, 0.15) is 5.75 Å². The molecule has 3 aromatic rings. The van der Waals surface area contributed by atoms with Gasteiger partial charge in [0.25, 0.3) is 5.91 Å². The summed E-state index contributed by atoms with van der Waals surface area (Å²) in [6.45, 7) is 2.81. The number of nitrogens with zero attached hydrogens (tertiary/aromatic N) is 1. The van der Waals surface area contributed by atoms with E-state index in [1.807, 2.05) is 36.4 Å². The topological polar surface area (TPSA) is 63.5 Å². The van der Waals surface area contributed by atoms with Crippen molar-refractivity contribution in [3.63, 3.8) is 0 Å². The third-order valence-electron chi connectivity index (χ3n) is 4.22. The molecule has 2 N–H and O–H groups in total. The van der Waals surface area contributed by atoms with Crippen LogP contribution in [0.3, 0.4) is 0 Å². The van der Waals surface area contributed by atoms with Gasteiger partial charge in [0.05, 0.1) is 7.11 Å². The molecule has 0 unspecified atom stereocenters. The number of benzene rings is 2. The van der Waals surface area contributed by atoms with E-state index in [2.05, 4.69) is 17.7 Å². The minimum absolute atomic E-state index is 0.432. The van der Waals surface area contributed by atoms with Gasteiger partial charge in [0.15, 0.2) is 0 Å². The van der Waals surface area contributed by atoms with E-state index in [1.165, 1.54) is 5.56 Å². The Balaban J connectivity index is 2.03. The zero-order valence-corrected chi connectivity index (χ0v) is 13.7. The van der Waals surface area contributed by atoms with Crippen LogP contribution in [0.15, 0.2) is 48.7 Å². The number of amides is 1. The second-order valence-electron chi connectivity index (χ2n) is 5.66. The van der Waals surface area contributed by atoms with Crippen molar-refractivity contribution in [2.75, 3.05) is 7.11 Å². The molecule has 0 atom stereocenters. The number of carbonyl (C=O) groups is 1. The van der Waals surface area contributed by atoms with Crippen LogP contribution in [0.2, 0.25) is 0 Å². The van der Waals surface area contributed by atoms with Gasteiger partial charge in [-0.15, -0.1) is 0 Å². The molecular weight excluding hydrogens is 304 g/mol. The second kappa shape index (κ2) is 6.76. The maximum atomic E-state index is 11.7. The second-order valence-corrected chi connectivity index (χ2v) is 5.66. The van der Waals surface area contributed by atoms with Gasteiger partial charge in [0, 0.05) is 29.2 Å². The number of hydroxylamine groups is 1. The molecule has 5 heteroatoms. The third kappa shape index (κ3) is 2.98. The van der Waals surface area contributed by atoms with Crippen molar-refractivity contribution in [1.82, 2.24) is 10.0 Å². The number of ether oxygens (including phenoxy) is 1. The first-order valence-corrected chi connectivity index (χ1v) is 7.85. The number of rotatable bonds is 5. The molecule has 5 nitrogen and oxygen atoms in total. The van der Waals surface area contributed by atoms with Crippen LogP contribution in [-0.4, -0.2) is 22.8 Å². The van der Waals surface area contributed by atoms with Crippen molar-refractivity contribution in [3.8, 4) is 5.75 Å². The molecule has 0 saturated heterocycles. The lowest BCUT2D eigenvalue weighted by Gasteiger charge is -2.08. The lowest BCUT2D eigenvalue weighted by molar-refractivity contribution is 0.0706. The number of hydrogen-bond donors (Lipinski definition) is 2. The summed E-state index contributed by atoms with van der Waals surface area (Å²) in [4.78, 5) is 11.7. The minimum atomic E-state index is -0.507. The molecular formula is C19H20N2O3. The highest BCUT2D eigenvalue weighted by Gasteiger charge is 2.11. The molecule has 1 heterocycles. The molecule has 3 rings (SSSR count). The summed E-state index contributed by atoms with van der Waals surface area (Å²) in [7, 11) is 1.65. The standard InChI is InChI=1S/C19H20N2O3/c1-3-14-12-21(11-13-4-7-16(24-2)8-5-13)18-10-15(19(22)20-23)6-9-17(14)18/h4-10,12,23H,3,11H2,1-2H3,(H,20,22). The fraction of sp³-hybridized carbons (Fsp3) is 0.211. The number of fused-ring (bicyclic) bond motifs is 1. The Kier molecular flexibility index (Phi) is 4.53. The first-order valence-electron chi connectivity index (χ1n) is 7.85. The summed E-state index contributed by atoms with van der Waals surface area (Å²) in [5, 5.41) is 9.97. The molecule has 1 amide bonds. The lowest BCUT2D eigenvalue weighted by atomic mass is 10.1. The summed E-state index contributed by atoms with van der Waals surface area (Å²) in [6.07, 6.45) is 3.03. The average molecular weight is 324 g/mol. The molecule has 0 aliphatic rings. The van der Waals surface area contributed by atoms with Crippen molar-refractivity contribution in [2.45, 2.75) is 19.9 Å². The van der Waals surface area contributed by atoms with E-state index in [4.69, 9.17) is 9.94 Å². The number of nitrogens with one attached hydrogen (secondary N) is 1. The molecule has 2 aromatic carbocycles. The molecule has 0 saturated carbocycles. The first kappa shape index (κ1) is 16.1. The van der Waals surface area contributed by atoms with Crippen molar-refractivity contribution in [3.05, 3.63) is 65.4 Å². The van der Waals surface area contributed by atoms with Crippen molar-refractivity contribution >= 4 is 16.8 Å². The smallest absolute Gasteiger partial charge is 0.274 e. The Hall–Kier alpha value is -2.79. The minimum Gasteiger partial charge on any atom is -0.497 e. The Morgan fingerprint density at radius 1 is 1.21 bits per heavy atom. The van der Waals surface area contributed by atoms with Crippen LogP contribution in [0.4, 0.5) is 0 Å². The molecule has 1 aromatic heterocycles. The Labute approximate surface area is 140 Å². The summed E-state index contributed by atoms with van der Waals surface area (Å²) in [6, 6.07) is 13.4. The normalized spacial score (nSPS) is 10.8. The lowest BCUT2D eigenvalue weighted by Crippen LogP contribution is -2.18. The maximum Gasteiger partial charge on any atom is 0.274 e. The van der Waals surface area contributed by atoms with Crippen molar-refractivity contribution < 1.29 is 14.7 Å². The molecule has 0 aliphatic carbocycles. The molecule has 0 bridgehead atoms. The van der Waals surface area contributed by atoms with Gasteiger partial charge < -0.3 is 9.30 Å². The van der Waals surface area contributed by atoms with Gasteiger partial charge in [0.2, 0.25) is 0 Å². The van der Waals surface area contributed by atoms with Crippen molar-refractivity contribution in [2.24, 2.45) is 0 Å². The van der Waals surface area contributed by atoms with Gasteiger partial charge >= 0.3 is 0 Å². The Morgan fingerprint density at radius 3 is 2.58 bits per heavy atom. The molecule has 0 fully saturated rings. The van der Waals surface area contributed by atoms with Gasteiger partial charge in [-0.05, 0) is 41.8 Å². The fourth-order valence-corrected chi connectivity index (χ4v) is 2.91. The van der Waals surface area contributed by atoms with Crippen LogP contribution in [0, 0.1) is 0 Å². The fourth-order valence-electron chi connectivity index (χ4n) is 2.91. The van der Waals surface area contributed by atoms with E-state index in [0.29, 0.717) is 12.1 Å². The van der Waals surface area contributed by atoms with Crippen LogP contribution >= 0.6 is 0 Å². The summed E-state index contributed by atoms with van der Waals surface area (Å²) < 4.78 is 7.32. The summed E-state index contributed by atoms with van der Waals surface area (Å²) in [5.41, 5.74) is 5.47. The highest BCUT2D eigenvalue weighted by Crippen LogP contribution is 2.25. The monoisotopic (exact) mass is 324 g/mol. The number of carbonyl (C=O) groups excluding carboxylic acids is 1. The van der Waals surface area contributed by atoms with Gasteiger partial charge in [-0.25, -0.2) is 5.48 Å². The molecule has 0 spiro atoms. The van der Waals surface area contributed by atoms with Crippen LogP contribution in [0.1, 0.15) is 28.4 Å². The zero-order valence-electron chi connectivity index (χ0n) is 13.7. The van der Waals surface area contributed by atoms with Gasteiger partial charge in [-0.3, -0.25) is 10.0 Å². The number of aromatic nitrogens is 1. The number of hydrogen-bond acceptors (Lipinski definition) is 3. The quantitative estimate of drug-likeness (QED) is 0.558. The molecule has 0 radical (unpaired) electrons. The Morgan fingerprint density at radius 2 is 1.96 bits per heavy atom. The predicted octanol–water partition coefficient (Wildman–Crippen LogP) is 3.38. The van der Waals surface area contributed by atoms with E-state index in [1.54, 1.807) is 18.7 Å². The zero-order chi connectivity index (χ0) is 17.1. The van der Waals surface area contributed by atoms with E-state index in [-0.39, 0.29) is 0 Å². The van der Waals surface area contributed by atoms with Gasteiger partial charge in [-0.2, -0.15) is 0 Å². The van der Waals surface area contributed by atoms with E-state index >= 15 is 0 Å². The van der Waals surface area contributed by atoms with Crippen molar-refractivity contribution in [1.29, 1.82) is 0 Å². The molecule has 24 heavy (non-hydrogen) atoms. The average Bonchev–Trinajstić information content (AvgIpc) is 2.98. The first-order chi connectivity index (χ1) is 11.7. The molecule has 124 valence electrons. The van der Waals surface area contributed by atoms with E-state index < -0.39 is 5.91 Å². The third-order valence-corrected chi connectivity index (χ3v) is 4.22. The summed E-state index contributed by atoms with van der Waals surface area (Å²) in [5.74, 6) is 0.319. The Bertz CT molecular complexity index is 866. The van der Waals surface area contributed by atoms with E-state index in [0.717, 1.165) is 28.6 Å². The molecule has 0 aliphatic heterocycles. The largest absolute Gasteiger partial charge is 0.497 e. The number of methoxy groups -OCH3 is 1. The van der Waals surface area contributed by atoms with Gasteiger partial charge in [-0.1, -0.05) is 25.1 Å². The summed E-state index contributed by atoms with van der Waals surface area (Å²) >= 11 is 0. The van der Waals surface area contributed by atoms with Crippen LogP contribution < -0.4 is 10.2 Å². The highest BCUT2D eigenvalue weighted by atomic mass is 16.5. The SMILES string of the molecule is CCc1cn(Cc2ccc(OC)cc2)c2cc(C(=O)NO)ccc12. The number of aryl methyl sites for hydroxylation is 1. The van der Waals surface area contributed by atoms with Crippen LogP contribution in [0.5, 0.6) is 5.75 Å².